The van der Waals surface area contributed by atoms with Gasteiger partial charge in [-0.3, -0.25) is 14.6 Å². The number of carbonyl (C=O) groups excluding carboxylic acids is 1. The van der Waals surface area contributed by atoms with E-state index in [0.29, 0.717) is 18.1 Å². The summed E-state index contributed by atoms with van der Waals surface area (Å²) in [6, 6.07) is 2.50. The largest absolute Gasteiger partial charge is 0.481 e. The molecule has 1 unspecified atom stereocenters. The Labute approximate surface area is 144 Å². The van der Waals surface area contributed by atoms with Gasteiger partial charge in [-0.25, -0.2) is 8.42 Å². The van der Waals surface area contributed by atoms with Gasteiger partial charge in [0.2, 0.25) is 15.9 Å². The van der Waals surface area contributed by atoms with Crippen molar-refractivity contribution in [3.63, 3.8) is 0 Å². The van der Waals surface area contributed by atoms with E-state index in [1.165, 1.54) is 36.5 Å². The summed E-state index contributed by atoms with van der Waals surface area (Å²) in [6.07, 6.45) is 2.55. The number of carboxylic acid groups (broad SMARTS) is 1. The van der Waals surface area contributed by atoms with Crippen molar-refractivity contribution in [1.29, 1.82) is 0 Å². The average molecular weight is 373 g/mol. The number of rotatable bonds is 6. The summed E-state index contributed by atoms with van der Waals surface area (Å²) < 4.78 is 25.8. The second kappa shape index (κ2) is 7.95. The zero-order valence-electron chi connectivity index (χ0n) is 13.2. The number of aromatic nitrogens is 1. The number of sulfonamides is 1. The van der Waals surface area contributed by atoms with Crippen LogP contribution in [0.1, 0.15) is 6.42 Å². The van der Waals surface area contributed by atoms with E-state index < -0.39 is 27.9 Å². The Hall–Kier alpha value is -1.65. The number of pyridine rings is 1. The molecule has 8 nitrogen and oxygen atoms in total. The lowest BCUT2D eigenvalue weighted by Gasteiger charge is -2.35. The van der Waals surface area contributed by atoms with Crippen LogP contribution < -0.4 is 0 Å². The van der Waals surface area contributed by atoms with E-state index in [9.17, 15) is 18.0 Å². The van der Waals surface area contributed by atoms with E-state index in [-0.39, 0.29) is 17.9 Å². The molecule has 2 rings (SSSR count). The van der Waals surface area contributed by atoms with Crippen LogP contribution in [0.5, 0.6) is 0 Å². The predicted octanol–water partition coefficient (Wildman–Crippen LogP) is 0.121. The van der Waals surface area contributed by atoms with E-state index in [2.05, 4.69) is 4.98 Å². The topological polar surface area (TPSA) is 108 Å². The molecule has 1 N–H and O–H groups in total. The second-order valence-electron chi connectivity index (χ2n) is 5.36. The van der Waals surface area contributed by atoms with Gasteiger partial charge in [0, 0.05) is 37.5 Å². The number of aliphatic carboxylic acids is 1. The van der Waals surface area contributed by atoms with Crippen molar-refractivity contribution in [2.24, 2.45) is 0 Å². The van der Waals surface area contributed by atoms with E-state index in [1.807, 2.05) is 0 Å². The normalized spacial score (nSPS) is 18.6. The van der Waals surface area contributed by atoms with Gasteiger partial charge in [0.1, 0.15) is 4.90 Å². The molecule has 24 heavy (non-hydrogen) atoms. The van der Waals surface area contributed by atoms with Gasteiger partial charge in [0.05, 0.1) is 19.0 Å². The monoisotopic (exact) mass is 373 g/mol. The number of nitrogens with zero attached hydrogens (tertiary/aromatic N) is 3. The van der Waals surface area contributed by atoms with Crippen molar-refractivity contribution in [3.05, 3.63) is 24.5 Å². The van der Waals surface area contributed by atoms with Crippen LogP contribution in [0.25, 0.3) is 0 Å². The quantitative estimate of drug-likeness (QED) is 0.754. The molecular formula is C14H19N3O5S2. The Bertz CT molecular complexity index is 696. The smallest absolute Gasteiger partial charge is 0.305 e. The van der Waals surface area contributed by atoms with Gasteiger partial charge in [-0.05, 0) is 12.1 Å². The van der Waals surface area contributed by atoms with Crippen LogP contribution in [-0.4, -0.2) is 77.3 Å². The summed E-state index contributed by atoms with van der Waals surface area (Å²) in [4.78, 5) is 28.7. The van der Waals surface area contributed by atoms with Gasteiger partial charge >= 0.3 is 5.97 Å². The predicted molar refractivity (Wildman–Crippen MR) is 89.1 cm³/mol. The van der Waals surface area contributed by atoms with Gasteiger partial charge in [0.15, 0.2) is 0 Å². The molecule has 1 aromatic heterocycles. The second-order valence-corrected chi connectivity index (χ2v) is 8.56. The third-order valence-electron chi connectivity index (χ3n) is 3.66. The summed E-state index contributed by atoms with van der Waals surface area (Å²) in [6.45, 7) is 0.0836. The molecule has 2 heterocycles. The minimum Gasteiger partial charge on any atom is -0.481 e. The van der Waals surface area contributed by atoms with Crippen molar-refractivity contribution >= 4 is 33.7 Å². The summed E-state index contributed by atoms with van der Waals surface area (Å²) in [7, 11) is -2.49. The number of carboxylic acids is 1. The first-order valence-corrected chi connectivity index (χ1v) is 9.87. The van der Waals surface area contributed by atoms with Crippen molar-refractivity contribution in [1.82, 2.24) is 14.2 Å². The zero-order chi connectivity index (χ0) is 17.7. The van der Waals surface area contributed by atoms with Crippen molar-refractivity contribution in [2.75, 3.05) is 31.6 Å². The molecule has 132 valence electrons. The fraction of sp³-hybridized carbons (Fsp3) is 0.500. The number of carbonyl (C=O) groups is 2. The fourth-order valence-corrected chi connectivity index (χ4v) is 4.55. The number of thioether (sulfide) groups is 1. The molecule has 0 spiro atoms. The molecule has 0 saturated carbocycles. The van der Waals surface area contributed by atoms with Crippen molar-refractivity contribution in [3.8, 4) is 0 Å². The average Bonchev–Trinajstić information content (AvgIpc) is 2.55. The standard InChI is InChI=1S/C14H19N3O5S2/c1-16(24(21,22)12-3-2-4-15-8-12)9-13(18)17-5-6-23-10-11(17)7-14(19)20/h2-4,8,11H,5-7,9-10H2,1H3,(H,19,20). The minimum atomic E-state index is -3.81. The Balaban J connectivity index is 2.08. The first-order chi connectivity index (χ1) is 11.3. The van der Waals surface area contributed by atoms with E-state index >= 15 is 0 Å². The molecule has 1 atom stereocenters. The highest BCUT2D eigenvalue weighted by Crippen LogP contribution is 2.20. The maximum atomic E-state index is 12.5. The Morgan fingerprint density at radius 3 is 2.88 bits per heavy atom. The summed E-state index contributed by atoms with van der Waals surface area (Å²) in [5, 5.41) is 8.96. The highest BCUT2D eigenvalue weighted by Gasteiger charge is 2.31. The number of hydrogen-bond acceptors (Lipinski definition) is 6. The van der Waals surface area contributed by atoms with Crippen LogP contribution in [-0.2, 0) is 19.6 Å². The highest BCUT2D eigenvalue weighted by molar-refractivity contribution is 7.99. The van der Waals surface area contributed by atoms with Crippen LogP contribution in [0, 0.1) is 0 Å². The minimum absolute atomic E-state index is 0.0107. The van der Waals surface area contributed by atoms with Crippen LogP contribution in [0.3, 0.4) is 0 Å². The van der Waals surface area contributed by atoms with Crippen LogP contribution in [0.2, 0.25) is 0 Å². The first-order valence-electron chi connectivity index (χ1n) is 7.27. The maximum Gasteiger partial charge on any atom is 0.305 e. The molecule has 1 aliphatic rings. The summed E-state index contributed by atoms with van der Waals surface area (Å²) >= 11 is 1.59. The molecular weight excluding hydrogens is 354 g/mol. The Morgan fingerprint density at radius 1 is 1.50 bits per heavy atom. The van der Waals surface area contributed by atoms with E-state index in [4.69, 9.17) is 5.11 Å². The van der Waals surface area contributed by atoms with Gasteiger partial charge < -0.3 is 10.0 Å². The molecule has 0 bridgehead atoms. The molecule has 1 aromatic rings. The summed E-state index contributed by atoms with van der Waals surface area (Å²) in [5.41, 5.74) is 0. The van der Waals surface area contributed by atoms with Crippen LogP contribution in [0.15, 0.2) is 29.4 Å². The highest BCUT2D eigenvalue weighted by atomic mass is 32.2. The number of amides is 1. The number of likely N-dealkylation sites (N-methyl/N-ethyl adjacent to an activating group) is 1. The number of hydrogen-bond donors (Lipinski definition) is 1. The van der Waals surface area contributed by atoms with Crippen LogP contribution >= 0.6 is 11.8 Å². The van der Waals surface area contributed by atoms with Crippen molar-refractivity contribution < 1.29 is 23.1 Å². The third-order valence-corrected chi connectivity index (χ3v) is 6.54. The lowest BCUT2D eigenvalue weighted by molar-refractivity contribution is -0.140. The molecule has 1 fully saturated rings. The molecule has 0 aliphatic carbocycles. The van der Waals surface area contributed by atoms with Gasteiger partial charge in [-0.2, -0.15) is 16.1 Å². The molecule has 1 saturated heterocycles. The maximum absolute atomic E-state index is 12.5. The van der Waals surface area contributed by atoms with Gasteiger partial charge in [0.25, 0.3) is 0 Å². The zero-order valence-corrected chi connectivity index (χ0v) is 14.8. The fourth-order valence-electron chi connectivity index (χ4n) is 2.40. The first kappa shape index (κ1) is 18.7. The SMILES string of the molecule is CN(CC(=O)N1CCSCC1CC(=O)O)S(=O)(=O)c1cccnc1. The molecule has 1 amide bonds. The third kappa shape index (κ3) is 4.46. The molecule has 10 heteroatoms. The van der Waals surface area contributed by atoms with Crippen molar-refractivity contribution in [2.45, 2.75) is 17.4 Å². The lowest BCUT2D eigenvalue weighted by Crippen LogP contribution is -2.50. The van der Waals surface area contributed by atoms with Crippen LogP contribution in [0.4, 0.5) is 0 Å². The summed E-state index contributed by atoms with van der Waals surface area (Å²) in [5.74, 6) is -0.119. The Kier molecular flexibility index (Phi) is 6.19. The molecule has 1 aliphatic heterocycles. The molecule has 0 aromatic carbocycles. The van der Waals surface area contributed by atoms with Gasteiger partial charge in [-0.15, -0.1) is 0 Å². The molecule has 0 radical (unpaired) electrons. The van der Waals surface area contributed by atoms with Gasteiger partial charge in [-0.1, -0.05) is 0 Å². The lowest BCUT2D eigenvalue weighted by atomic mass is 10.2. The van der Waals surface area contributed by atoms with E-state index in [0.717, 1.165) is 4.31 Å². The van der Waals surface area contributed by atoms with E-state index in [1.54, 1.807) is 11.8 Å². The Morgan fingerprint density at radius 2 is 2.25 bits per heavy atom.